The first-order chi connectivity index (χ1) is 9.15. The van der Waals surface area contributed by atoms with Gasteiger partial charge in [0.2, 0.25) is 5.91 Å². The second-order valence-corrected chi connectivity index (χ2v) is 4.93. The van der Waals surface area contributed by atoms with Gasteiger partial charge in [0.15, 0.2) is 0 Å². The molecule has 19 heavy (non-hydrogen) atoms. The van der Waals surface area contributed by atoms with E-state index in [0.717, 1.165) is 25.0 Å². The van der Waals surface area contributed by atoms with Gasteiger partial charge in [-0.3, -0.25) is 9.63 Å². The Bertz CT molecular complexity index is 459. The Morgan fingerprint density at radius 2 is 2.21 bits per heavy atom. The first-order valence-corrected chi connectivity index (χ1v) is 6.63. The molecule has 104 valence electrons. The van der Waals surface area contributed by atoms with Crippen molar-refractivity contribution in [3.05, 3.63) is 29.3 Å². The molecule has 0 saturated carbocycles. The molecule has 2 rings (SSSR count). The van der Waals surface area contributed by atoms with Gasteiger partial charge in [0.05, 0.1) is 14.2 Å². The Balaban J connectivity index is 2.16. The van der Waals surface area contributed by atoms with Crippen LogP contribution in [-0.2, 0) is 16.1 Å². The maximum absolute atomic E-state index is 12.0. The van der Waals surface area contributed by atoms with Crippen molar-refractivity contribution >= 4 is 5.91 Å². The van der Waals surface area contributed by atoms with E-state index >= 15 is 0 Å². The summed E-state index contributed by atoms with van der Waals surface area (Å²) in [6.45, 7) is 0. The van der Waals surface area contributed by atoms with E-state index in [4.69, 9.17) is 9.57 Å². The van der Waals surface area contributed by atoms with Crippen molar-refractivity contribution in [2.24, 2.45) is 0 Å². The number of hydrogen-bond acceptors (Lipinski definition) is 3. The zero-order chi connectivity index (χ0) is 13.8. The summed E-state index contributed by atoms with van der Waals surface area (Å²) < 4.78 is 5.26. The van der Waals surface area contributed by atoms with Crippen molar-refractivity contribution in [3.63, 3.8) is 0 Å². The summed E-state index contributed by atoms with van der Waals surface area (Å²) in [7, 11) is 4.84. The largest absolute Gasteiger partial charge is 0.497 e. The number of carbonyl (C=O) groups excluding carboxylic acids is 1. The summed E-state index contributed by atoms with van der Waals surface area (Å²) in [6.07, 6.45) is 3.75. The van der Waals surface area contributed by atoms with Gasteiger partial charge in [-0.1, -0.05) is 6.07 Å². The molecule has 0 fully saturated rings. The summed E-state index contributed by atoms with van der Waals surface area (Å²) in [6, 6.07) is 6.16. The van der Waals surface area contributed by atoms with Crippen molar-refractivity contribution in [2.45, 2.75) is 31.6 Å². The highest BCUT2D eigenvalue weighted by atomic mass is 16.7. The van der Waals surface area contributed by atoms with Crippen LogP contribution < -0.4 is 4.74 Å². The number of benzene rings is 1. The number of hydroxylamine groups is 2. The molecule has 0 aromatic heterocycles. The Kier molecular flexibility index (Phi) is 4.43. The van der Waals surface area contributed by atoms with Crippen LogP contribution in [-0.4, -0.2) is 32.2 Å². The molecule has 0 unspecified atom stereocenters. The van der Waals surface area contributed by atoms with Crippen LogP contribution in [0.5, 0.6) is 5.75 Å². The van der Waals surface area contributed by atoms with Gasteiger partial charge in [-0.25, -0.2) is 5.06 Å². The molecule has 0 bridgehead atoms. The smallest absolute Gasteiger partial charge is 0.246 e. The van der Waals surface area contributed by atoms with Gasteiger partial charge in [0.1, 0.15) is 5.75 Å². The van der Waals surface area contributed by atoms with E-state index in [0.29, 0.717) is 12.3 Å². The van der Waals surface area contributed by atoms with Crippen LogP contribution in [0.3, 0.4) is 0 Å². The number of methoxy groups -OCH3 is 1. The highest BCUT2D eigenvalue weighted by molar-refractivity contribution is 5.76. The maximum Gasteiger partial charge on any atom is 0.246 e. The molecule has 1 aromatic carbocycles. The van der Waals surface area contributed by atoms with E-state index in [1.54, 1.807) is 14.2 Å². The van der Waals surface area contributed by atoms with Crippen LogP contribution in [0.25, 0.3) is 0 Å². The average molecular weight is 263 g/mol. The lowest BCUT2D eigenvalue weighted by molar-refractivity contribution is -0.169. The number of hydrogen-bond donors (Lipinski definition) is 0. The summed E-state index contributed by atoms with van der Waals surface area (Å²) in [5.41, 5.74) is 2.59. The Hall–Kier alpha value is -1.55. The van der Waals surface area contributed by atoms with Crippen LogP contribution in [0, 0.1) is 0 Å². The molecule has 0 radical (unpaired) electrons. The summed E-state index contributed by atoms with van der Waals surface area (Å²) in [5.74, 6) is 1.20. The molecule has 1 aliphatic carbocycles. The van der Waals surface area contributed by atoms with Crippen LogP contribution >= 0.6 is 0 Å². The molecule has 1 aliphatic rings. The van der Waals surface area contributed by atoms with E-state index < -0.39 is 0 Å². The predicted molar refractivity (Wildman–Crippen MR) is 73.1 cm³/mol. The van der Waals surface area contributed by atoms with Gasteiger partial charge in [-0.2, -0.15) is 0 Å². The minimum Gasteiger partial charge on any atom is -0.497 e. The third-order valence-electron chi connectivity index (χ3n) is 3.83. The fourth-order valence-electron chi connectivity index (χ4n) is 2.67. The van der Waals surface area contributed by atoms with Crippen molar-refractivity contribution in [1.29, 1.82) is 0 Å². The van der Waals surface area contributed by atoms with Gasteiger partial charge in [0.25, 0.3) is 0 Å². The van der Waals surface area contributed by atoms with Crippen LogP contribution in [0.1, 0.15) is 36.3 Å². The van der Waals surface area contributed by atoms with Crippen LogP contribution in [0.4, 0.5) is 0 Å². The van der Waals surface area contributed by atoms with Crippen LogP contribution in [0.15, 0.2) is 18.2 Å². The van der Waals surface area contributed by atoms with Gasteiger partial charge in [-0.05, 0) is 48.4 Å². The number of carbonyl (C=O) groups is 1. The number of ether oxygens (including phenoxy) is 1. The standard InChI is InChI=1S/C15H21NO3/c1-16(19-3)15(17)10-12-6-4-5-11-9-13(18-2)7-8-14(11)12/h7-9,12H,4-6,10H2,1-3H3/t12-/m0/s1. The first kappa shape index (κ1) is 13.9. The highest BCUT2D eigenvalue weighted by Crippen LogP contribution is 2.36. The van der Waals surface area contributed by atoms with Crippen molar-refractivity contribution in [3.8, 4) is 5.75 Å². The van der Waals surface area contributed by atoms with Crippen molar-refractivity contribution < 1.29 is 14.4 Å². The average Bonchev–Trinajstić information content (AvgIpc) is 2.45. The summed E-state index contributed by atoms with van der Waals surface area (Å²) in [4.78, 5) is 16.9. The van der Waals surface area contributed by atoms with E-state index in [9.17, 15) is 4.79 Å². The normalized spacial score (nSPS) is 17.7. The van der Waals surface area contributed by atoms with E-state index in [1.807, 2.05) is 6.07 Å². The second-order valence-electron chi connectivity index (χ2n) is 4.93. The monoisotopic (exact) mass is 263 g/mol. The molecule has 0 aliphatic heterocycles. The van der Waals surface area contributed by atoms with E-state index in [-0.39, 0.29) is 5.91 Å². The minimum atomic E-state index is 0.0242. The number of amides is 1. The Morgan fingerprint density at radius 3 is 2.89 bits per heavy atom. The number of nitrogens with zero attached hydrogens (tertiary/aromatic N) is 1. The first-order valence-electron chi connectivity index (χ1n) is 6.63. The van der Waals surface area contributed by atoms with Crippen LogP contribution in [0.2, 0.25) is 0 Å². The zero-order valence-electron chi connectivity index (χ0n) is 11.8. The van der Waals surface area contributed by atoms with Crippen molar-refractivity contribution in [1.82, 2.24) is 5.06 Å². The topological polar surface area (TPSA) is 38.8 Å². The molecule has 4 heteroatoms. The fourth-order valence-corrected chi connectivity index (χ4v) is 2.67. The van der Waals surface area contributed by atoms with Gasteiger partial charge in [0, 0.05) is 13.5 Å². The lowest BCUT2D eigenvalue weighted by Gasteiger charge is -2.26. The zero-order valence-corrected chi connectivity index (χ0v) is 11.8. The molecule has 0 N–H and O–H groups in total. The Morgan fingerprint density at radius 1 is 1.42 bits per heavy atom. The third kappa shape index (κ3) is 3.07. The third-order valence-corrected chi connectivity index (χ3v) is 3.83. The molecular weight excluding hydrogens is 242 g/mol. The fraction of sp³-hybridized carbons (Fsp3) is 0.533. The molecule has 1 atom stereocenters. The lowest BCUT2D eigenvalue weighted by Crippen LogP contribution is -2.27. The van der Waals surface area contributed by atoms with E-state index in [1.165, 1.54) is 23.3 Å². The van der Waals surface area contributed by atoms with Gasteiger partial charge in [-0.15, -0.1) is 0 Å². The van der Waals surface area contributed by atoms with Gasteiger partial charge < -0.3 is 4.74 Å². The molecule has 4 nitrogen and oxygen atoms in total. The maximum atomic E-state index is 12.0. The quantitative estimate of drug-likeness (QED) is 0.784. The summed E-state index contributed by atoms with van der Waals surface area (Å²) >= 11 is 0. The molecule has 1 aromatic rings. The second kappa shape index (κ2) is 6.06. The summed E-state index contributed by atoms with van der Waals surface area (Å²) in [5, 5.41) is 1.30. The van der Waals surface area contributed by atoms with E-state index in [2.05, 4.69) is 12.1 Å². The number of rotatable bonds is 4. The molecule has 0 spiro atoms. The molecule has 0 saturated heterocycles. The highest BCUT2D eigenvalue weighted by Gasteiger charge is 2.24. The van der Waals surface area contributed by atoms with Crippen molar-refractivity contribution in [2.75, 3.05) is 21.3 Å². The number of aryl methyl sites for hydroxylation is 1. The Labute approximate surface area is 114 Å². The predicted octanol–water partition coefficient (Wildman–Crippen LogP) is 2.53. The molecular formula is C15H21NO3. The lowest BCUT2D eigenvalue weighted by atomic mass is 9.81. The SMILES string of the molecule is COc1ccc2c(c1)CCC[C@H]2CC(=O)N(C)OC. The van der Waals surface area contributed by atoms with Gasteiger partial charge >= 0.3 is 0 Å². The molecule has 1 amide bonds. The molecule has 0 heterocycles. The minimum absolute atomic E-state index is 0.0242. The number of fused-ring (bicyclic) bond motifs is 1.